The Morgan fingerprint density at radius 2 is 2.14 bits per heavy atom. The predicted octanol–water partition coefficient (Wildman–Crippen LogP) is 1.33. The maximum atomic E-state index is 8.83. The molecule has 106 valence electrons. The number of aliphatic hydroxyl groups is 1. The topological polar surface area (TPSA) is 99.6 Å². The normalized spacial score (nSPS) is 10.5. The van der Waals surface area contributed by atoms with Gasteiger partial charge in [-0.1, -0.05) is 0 Å². The van der Waals surface area contributed by atoms with Crippen LogP contribution >= 0.6 is 0 Å². The molecule has 0 saturated heterocycles. The molecular weight excluding hydrogens is 268 g/mol. The Labute approximate surface area is 121 Å². The number of nitrogens with zero attached hydrogens (tertiary/aromatic N) is 4. The second-order valence-corrected chi connectivity index (χ2v) is 4.32. The number of hydrogen-bond acceptors (Lipinski definition) is 6. The molecule has 0 aromatic carbocycles. The second kappa shape index (κ2) is 6.10. The number of anilines is 1. The fourth-order valence-electron chi connectivity index (χ4n) is 1.97. The van der Waals surface area contributed by atoms with Crippen molar-refractivity contribution in [2.75, 3.05) is 18.5 Å². The number of hydrogen-bond donors (Lipinski definition) is 3. The van der Waals surface area contributed by atoms with Crippen LogP contribution in [0, 0.1) is 0 Å². The number of nitrogens with one attached hydrogen (secondary N) is 2. The average Bonchev–Trinajstić information content (AvgIpc) is 3.04. The zero-order valence-corrected chi connectivity index (χ0v) is 11.2. The predicted molar refractivity (Wildman–Crippen MR) is 78.4 cm³/mol. The molecule has 3 aromatic rings. The third-order valence-corrected chi connectivity index (χ3v) is 2.92. The number of aromatic amines is 1. The molecule has 0 aliphatic rings. The monoisotopic (exact) mass is 282 g/mol. The highest BCUT2D eigenvalue weighted by Gasteiger charge is 2.11. The van der Waals surface area contributed by atoms with E-state index in [0.29, 0.717) is 12.5 Å². The van der Waals surface area contributed by atoms with Gasteiger partial charge in [0.1, 0.15) is 0 Å². The summed E-state index contributed by atoms with van der Waals surface area (Å²) in [5.74, 6) is 0.472. The molecule has 7 nitrogen and oxygen atoms in total. The molecule has 3 heterocycles. The summed E-state index contributed by atoms with van der Waals surface area (Å²) < 4.78 is 0. The lowest BCUT2D eigenvalue weighted by atomic mass is 10.1. The van der Waals surface area contributed by atoms with Gasteiger partial charge in [-0.05, 0) is 18.2 Å². The van der Waals surface area contributed by atoms with Crippen molar-refractivity contribution in [1.82, 2.24) is 25.1 Å². The van der Waals surface area contributed by atoms with E-state index in [1.54, 1.807) is 24.8 Å². The van der Waals surface area contributed by atoms with Gasteiger partial charge in [0.05, 0.1) is 24.2 Å². The Morgan fingerprint density at radius 3 is 2.95 bits per heavy atom. The molecule has 0 atom stereocenters. The summed E-state index contributed by atoms with van der Waals surface area (Å²) in [7, 11) is 0. The number of pyridine rings is 1. The van der Waals surface area contributed by atoms with E-state index in [2.05, 4.69) is 30.5 Å². The lowest BCUT2D eigenvalue weighted by molar-refractivity contribution is 0.311. The fourth-order valence-corrected chi connectivity index (χ4v) is 1.97. The molecule has 0 fully saturated rings. The largest absolute Gasteiger partial charge is 0.395 e. The first-order valence-electron chi connectivity index (χ1n) is 6.50. The number of aromatic nitrogens is 5. The lowest BCUT2D eigenvalue weighted by Crippen LogP contribution is -2.08. The molecule has 0 bridgehead atoms. The van der Waals surface area contributed by atoms with Gasteiger partial charge in [0.25, 0.3) is 0 Å². The van der Waals surface area contributed by atoms with E-state index < -0.39 is 0 Å². The van der Waals surface area contributed by atoms with Crippen LogP contribution in [-0.4, -0.2) is 43.4 Å². The van der Waals surface area contributed by atoms with Crippen LogP contribution in [0.25, 0.3) is 22.5 Å². The van der Waals surface area contributed by atoms with Crippen LogP contribution in [0.15, 0.2) is 43.0 Å². The molecule has 0 aliphatic heterocycles. The van der Waals surface area contributed by atoms with E-state index in [9.17, 15) is 0 Å². The number of rotatable bonds is 5. The molecule has 3 aromatic heterocycles. The van der Waals surface area contributed by atoms with Gasteiger partial charge in [0.2, 0.25) is 5.95 Å². The zero-order chi connectivity index (χ0) is 14.5. The SMILES string of the molecule is OCCNc1nccc(-c2cn[nH]c2-c2cccnc2)n1. The van der Waals surface area contributed by atoms with E-state index in [1.165, 1.54) is 0 Å². The van der Waals surface area contributed by atoms with Gasteiger partial charge in [-0.2, -0.15) is 5.10 Å². The maximum Gasteiger partial charge on any atom is 0.223 e. The minimum Gasteiger partial charge on any atom is -0.395 e. The molecule has 0 unspecified atom stereocenters. The van der Waals surface area contributed by atoms with Gasteiger partial charge in [0.15, 0.2) is 0 Å². The summed E-state index contributed by atoms with van der Waals surface area (Å²) in [5.41, 5.74) is 3.42. The van der Waals surface area contributed by atoms with Gasteiger partial charge < -0.3 is 10.4 Å². The second-order valence-electron chi connectivity index (χ2n) is 4.32. The lowest BCUT2D eigenvalue weighted by Gasteiger charge is -2.05. The van der Waals surface area contributed by atoms with E-state index in [0.717, 1.165) is 22.5 Å². The summed E-state index contributed by atoms with van der Waals surface area (Å²) in [6.45, 7) is 0.435. The van der Waals surface area contributed by atoms with E-state index in [1.807, 2.05) is 18.2 Å². The van der Waals surface area contributed by atoms with Crippen LogP contribution in [0.3, 0.4) is 0 Å². The molecule has 0 aliphatic carbocycles. The van der Waals surface area contributed by atoms with Crippen LogP contribution in [0.5, 0.6) is 0 Å². The Balaban J connectivity index is 1.97. The fraction of sp³-hybridized carbons (Fsp3) is 0.143. The van der Waals surface area contributed by atoms with Crippen LogP contribution in [0.2, 0.25) is 0 Å². The van der Waals surface area contributed by atoms with Crippen molar-refractivity contribution in [2.24, 2.45) is 0 Å². The zero-order valence-electron chi connectivity index (χ0n) is 11.2. The molecule has 3 rings (SSSR count). The third kappa shape index (κ3) is 2.87. The summed E-state index contributed by atoms with van der Waals surface area (Å²) in [6, 6.07) is 5.64. The van der Waals surface area contributed by atoms with E-state index >= 15 is 0 Å². The van der Waals surface area contributed by atoms with Crippen molar-refractivity contribution in [1.29, 1.82) is 0 Å². The summed E-state index contributed by atoms with van der Waals surface area (Å²) >= 11 is 0. The minimum absolute atomic E-state index is 0.0280. The Kier molecular flexibility index (Phi) is 3.83. The van der Waals surface area contributed by atoms with Gasteiger partial charge >= 0.3 is 0 Å². The molecule has 0 amide bonds. The van der Waals surface area contributed by atoms with Gasteiger partial charge in [-0.15, -0.1) is 0 Å². The van der Waals surface area contributed by atoms with Crippen LogP contribution in [-0.2, 0) is 0 Å². The third-order valence-electron chi connectivity index (χ3n) is 2.92. The summed E-state index contributed by atoms with van der Waals surface area (Å²) in [5, 5.41) is 18.8. The van der Waals surface area contributed by atoms with Crippen LogP contribution in [0.1, 0.15) is 0 Å². The highest BCUT2D eigenvalue weighted by atomic mass is 16.3. The van der Waals surface area contributed by atoms with Crippen molar-refractivity contribution >= 4 is 5.95 Å². The van der Waals surface area contributed by atoms with Gasteiger partial charge in [0, 0.05) is 36.3 Å². The summed E-state index contributed by atoms with van der Waals surface area (Å²) in [4.78, 5) is 12.7. The molecule has 3 N–H and O–H groups in total. The molecule has 0 spiro atoms. The molecule has 0 saturated carbocycles. The maximum absolute atomic E-state index is 8.83. The molecule has 21 heavy (non-hydrogen) atoms. The Bertz CT molecular complexity index is 712. The van der Waals surface area contributed by atoms with Crippen molar-refractivity contribution in [2.45, 2.75) is 0 Å². The molecule has 0 radical (unpaired) electrons. The van der Waals surface area contributed by atoms with Crippen LogP contribution < -0.4 is 5.32 Å². The van der Waals surface area contributed by atoms with Crippen molar-refractivity contribution in [3.05, 3.63) is 43.0 Å². The average molecular weight is 282 g/mol. The van der Waals surface area contributed by atoms with Crippen molar-refractivity contribution in [3.8, 4) is 22.5 Å². The summed E-state index contributed by atoms with van der Waals surface area (Å²) in [6.07, 6.45) is 6.88. The number of H-pyrrole nitrogens is 1. The molecule has 7 heteroatoms. The smallest absolute Gasteiger partial charge is 0.223 e. The van der Waals surface area contributed by atoms with Crippen LogP contribution in [0.4, 0.5) is 5.95 Å². The highest BCUT2D eigenvalue weighted by molar-refractivity contribution is 5.78. The van der Waals surface area contributed by atoms with Gasteiger partial charge in [-0.3, -0.25) is 10.1 Å². The quantitative estimate of drug-likeness (QED) is 0.653. The minimum atomic E-state index is 0.0280. The first kappa shape index (κ1) is 13.2. The Hall–Kier alpha value is -2.80. The first-order chi connectivity index (χ1) is 10.4. The molecular formula is C14H14N6O. The standard InChI is InChI=1S/C14H14N6O/c21-7-6-17-14-16-5-3-12(19-14)11-9-18-20-13(11)10-2-1-4-15-8-10/h1-5,8-9,21H,6-7H2,(H,18,20)(H,16,17,19). The van der Waals surface area contributed by atoms with Crippen molar-refractivity contribution in [3.63, 3.8) is 0 Å². The van der Waals surface area contributed by atoms with E-state index in [4.69, 9.17) is 5.11 Å². The number of aliphatic hydroxyl groups excluding tert-OH is 1. The highest BCUT2D eigenvalue weighted by Crippen LogP contribution is 2.28. The van der Waals surface area contributed by atoms with Crippen molar-refractivity contribution < 1.29 is 5.11 Å². The first-order valence-corrected chi connectivity index (χ1v) is 6.50. The van der Waals surface area contributed by atoms with E-state index in [-0.39, 0.29) is 6.61 Å². The Morgan fingerprint density at radius 1 is 1.19 bits per heavy atom. The van der Waals surface area contributed by atoms with Gasteiger partial charge in [-0.25, -0.2) is 9.97 Å².